The van der Waals surface area contributed by atoms with Gasteiger partial charge in [-0.15, -0.1) is 0 Å². The summed E-state index contributed by atoms with van der Waals surface area (Å²) < 4.78 is 5.65. The molecule has 2 rings (SSSR count). The smallest absolute Gasteiger partial charge is 0.298 e. The van der Waals surface area contributed by atoms with Gasteiger partial charge in [0.2, 0.25) is 0 Å². The van der Waals surface area contributed by atoms with Crippen LogP contribution >= 0.6 is 0 Å². The molecule has 0 atom stereocenters. The first-order chi connectivity index (χ1) is 8.13. The molecule has 17 heavy (non-hydrogen) atoms. The normalized spacial score (nSPS) is 11.3. The first kappa shape index (κ1) is 11.7. The van der Waals surface area contributed by atoms with Crippen molar-refractivity contribution in [3.05, 3.63) is 18.2 Å². The number of fused-ring (bicyclic) bond motifs is 1. The number of nitrogens with zero attached hydrogens (tertiary/aromatic N) is 2. The van der Waals surface area contributed by atoms with Crippen molar-refractivity contribution < 1.29 is 9.52 Å². The zero-order chi connectivity index (χ0) is 12.4. The molecule has 1 heterocycles. The van der Waals surface area contributed by atoms with Crippen LogP contribution in [0.2, 0.25) is 0 Å². The molecular formula is C12H17N3O2. The molecule has 3 N–H and O–H groups in total. The van der Waals surface area contributed by atoms with Crippen molar-refractivity contribution in [3.63, 3.8) is 0 Å². The summed E-state index contributed by atoms with van der Waals surface area (Å²) in [6.07, 6.45) is 0. The van der Waals surface area contributed by atoms with Crippen molar-refractivity contribution in [2.45, 2.75) is 19.9 Å². The number of nitrogen functional groups attached to an aromatic ring is 1. The first-order valence-electron chi connectivity index (χ1n) is 5.66. The number of benzene rings is 1. The minimum absolute atomic E-state index is 0.0619. The van der Waals surface area contributed by atoms with Crippen molar-refractivity contribution in [2.75, 3.05) is 23.8 Å². The first-order valence-corrected chi connectivity index (χ1v) is 5.66. The molecule has 0 unspecified atom stereocenters. The van der Waals surface area contributed by atoms with E-state index in [2.05, 4.69) is 4.98 Å². The lowest BCUT2D eigenvalue weighted by atomic mass is 10.3. The second-order valence-corrected chi connectivity index (χ2v) is 4.20. The van der Waals surface area contributed by atoms with Crippen LogP contribution in [0.5, 0.6) is 0 Å². The Kier molecular flexibility index (Phi) is 3.19. The lowest BCUT2D eigenvalue weighted by Gasteiger charge is -2.23. The van der Waals surface area contributed by atoms with Crippen LogP contribution in [-0.2, 0) is 0 Å². The van der Waals surface area contributed by atoms with E-state index in [-0.39, 0.29) is 12.6 Å². The van der Waals surface area contributed by atoms with Crippen molar-refractivity contribution in [1.29, 1.82) is 0 Å². The van der Waals surface area contributed by atoms with Gasteiger partial charge in [0, 0.05) is 12.6 Å². The quantitative estimate of drug-likeness (QED) is 0.787. The Hall–Kier alpha value is -1.75. The maximum atomic E-state index is 9.04. The van der Waals surface area contributed by atoms with E-state index in [1.807, 2.05) is 30.9 Å². The molecule has 5 heteroatoms. The van der Waals surface area contributed by atoms with Crippen LogP contribution in [0.25, 0.3) is 11.1 Å². The number of anilines is 2. The Morgan fingerprint density at radius 2 is 2.24 bits per heavy atom. The minimum atomic E-state index is 0.0619. The van der Waals surface area contributed by atoms with E-state index in [1.54, 1.807) is 6.07 Å². The van der Waals surface area contributed by atoms with Crippen LogP contribution in [0.3, 0.4) is 0 Å². The summed E-state index contributed by atoms with van der Waals surface area (Å²) >= 11 is 0. The second kappa shape index (κ2) is 4.63. The summed E-state index contributed by atoms with van der Waals surface area (Å²) in [5.41, 5.74) is 7.77. The highest BCUT2D eigenvalue weighted by Crippen LogP contribution is 2.26. The van der Waals surface area contributed by atoms with Gasteiger partial charge in [-0.3, -0.25) is 0 Å². The van der Waals surface area contributed by atoms with Crippen LogP contribution in [0, 0.1) is 0 Å². The molecule has 92 valence electrons. The highest BCUT2D eigenvalue weighted by atomic mass is 16.4. The number of aliphatic hydroxyl groups excluding tert-OH is 1. The van der Waals surface area contributed by atoms with E-state index in [0.29, 0.717) is 29.3 Å². The number of nitrogens with two attached hydrogens (primary N) is 1. The number of oxazole rings is 1. The molecule has 0 fully saturated rings. The zero-order valence-electron chi connectivity index (χ0n) is 10.1. The van der Waals surface area contributed by atoms with Gasteiger partial charge in [-0.05, 0) is 26.0 Å². The fourth-order valence-electron chi connectivity index (χ4n) is 1.76. The van der Waals surface area contributed by atoms with Gasteiger partial charge in [-0.2, -0.15) is 4.98 Å². The van der Waals surface area contributed by atoms with Crippen molar-refractivity contribution in [1.82, 2.24) is 4.98 Å². The standard InChI is InChI=1S/C12H17N3O2/c1-8(2)15(6-7-16)12-14-11-9(13)4-3-5-10(11)17-12/h3-5,8,16H,6-7,13H2,1-2H3. The molecule has 5 nitrogen and oxygen atoms in total. The lowest BCUT2D eigenvalue weighted by Crippen LogP contribution is -2.33. The molecule has 1 aromatic heterocycles. The van der Waals surface area contributed by atoms with Crippen LogP contribution in [0.4, 0.5) is 11.7 Å². The van der Waals surface area contributed by atoms with Gasteiger partial charge >= 0.3 is 0 Å². The molecule has 1 aromatic carbocycles. The Balaban J connectivity index is 2.44. The van der Waals surface area contributed by atoms with Crippen LogP contribution in [0.15, 0.2) is 22.6 Å². The summed E-state index contributed by atoms with van der Waals surface area (Å²) in [7, 11) is 0. The average Bonchev–Trinajstić information content (AvgIpc) is 2.70. The molecule has 0 amide bonds. The number of para-hydroxylation sites is 1. The topological polar surface area (TPSA) is 75.5 Å². The summed E-state index contributed by atoms with van der Waals surface area (Å²) in [6, 6.07) is 6.16. The number of aliphatic hydroxyl groups is 1. The lowest BCUT2D eigenvalue weighted by molar-refractivity contribution is 0.295. The third-order valence-corrected chi connectivity index (χ3v) is 2.65. The van der Waals surface area contributed by atoms with Crippen LogP contribution < -0.4 is 10.6 Å². The van der Waals surface area contributed by atoms with Gasteiger partial charge in [-0.25, -0.2) is 0 Å². The zero-order valence-corrected chi connectivity index (χ0v) is 10.1. The fourth-order valence-corrected chi connectivity index (χ4v) is 1.76. The number of aromatic nitrogens is 1. The Morgan fingerprint density at radius 3 is 2.82 bits per heavy atom. The maximum absolute atomic E-state index is 9.04. The van der Waals surface area contributed by atoms with E-state index < -0.39 is 0 Å². The Bertz CT molecular complexity index is 507. The Morgan fingerprint density at radius 1 is 1.47 bits per heavy atom. The van der Waals surface area contributed by atoms with Crippen LogP contribution in [0.1, 0.15) is 13.8 Å². The minimum Gasteiger partial charge on any atom is -0.423 e. The molecule has 0 saturated heterocycles. The van der Waals surface area contributed by atoms with Gasteiger partial charge in [0.15, 0.2) is 5.58 Å². The SMILES string of the molecule is CC(C)N(CCO)c1nc2c(N)cccc2o1. The fraction of sp³-hybridized carbons (Fsp3) is 0.417. The molecule has 0 aliphatic carbocycles. The third-order valence-electron chi connectivity index (χ3n) is 2.65. The summed E-state index contributed by atoms with van der Waals surface area (Å²) in [4.78, 5) is 6.28. The average molecular weight is 235 g/mol. The largest absolute Gasteiger partial charge is 0.423 e. The predicted molar refractivity (Wildman–Crippen MR) is 68.0 cm³/mol. The van der Waals surface area contributed by atoms with E-state index in [0.717, 1.165) is 0 Å². The monoisotopic (exact) mass is 235 g/mol. The molecule has 0 aliphatic rings. The van der Waals surface area contributed by atoms with Crippen molar-refractivity contribution in [3.8, 4) is 0 Å². The highest BCUT2D eigenvalue weighted by Gasteiger charge is 2.17. The summed E-state index contributed by atoms with van der Waals surface area (Å²) in [5.74, 6) is 0. The Labute approximate surface area is 99.8 Å². The molecule has 0 aliphatic heterocycles. The summed E-state index contributed by atoms with van der Waals surface area (Å²) in [6.45, 7) is 4.60. The van der Waals surface area contributed by atoms with E-state index >= 15 is 0 Å². The van der Waals surface area contributed by atoms with E-state index in [1.165, 1.54) is 0 Å². The van der Waals surface area contributed by atoms with Gasteiger partial charge in [-0.1, -0.05) is 6.07 Å². The van der Waals surface area contributed by atoms with Crippen molar-refractivity contribution in [2.24, 2.45) is 0 Å². The van der Waals surface area contributed by atoms with Gasteiger partial charge < -0.3 is 20.2 Å². The third kappa shape index (κ3) is 2.19. The molecule has 0 spiro atoms. The van der Waals surface area contributed by atoms with Gasteiger partial charge in [0.05, 0.1) is 12.3 Å². The number of hydrogen-bond donors (Lipinski definition) is 2. The van der Waals surface area contributed by atoms with Crippen molar-refractivity contribution >= 4 is 22.8 Å². The highest BCUT2D eigenvalue weighted by molar-refractivity contribution is 5.86. The molecule has 2 aromatic rings. The van der Waals surface area contributed by atoms with Crippen LogP contribution in [-0.4, -0.2) is 29.3 Å². The molecular weight excluding hydrogens is 218 g/mol. The van der Waals surface area contributed by atoms with Gasteiger partial charge in [0.25, 0.3) is 6.01 Å². The number of rotatable bonds is 4. The molecule has 0 saturated carbocycles. The predicted octanol–water partition coefficient (Wildman–Crippen LogP) is 1.62. The molecule has 0 radical (unpaired) electrons. The second-order valence-electron chi connectivity index (χ2n) is 4.20. The molecule has 0 bridgehead atoms. The van der Waals surface area contributed by atoms with Gasteiger partial charge in [0.1, 0.15) is 5.52 Å². The number of hydrogen-bond acceptors (Lipinski definition) is 5. The summed E-state index contributed by atoms with van der Waals surface area (Å²) in [5, 5.41) is 9.04. The van der Waals surface area contributed by atoms with E-state index in [4.69, 9.17) is 15.3 Å². The van der Waals surface area contributed by atoms with E-state index in [9.17, 15) is 0 Å². The maximum Gasteiger partial charge on any atom is 0.298 e.